The smallest absolute Gasteiger partial charge is 0.224 e. The zero-order valence-electron chi connectivity index (χ0n) is 9.30. The minimum atomic E-state index is 0.0927. The van der Waals surface area contributed by atoms with E-state index in [9.17, 15) is 4.79 Å². The van der Waals surface area contributed by atoms with Crippen LogP contribution < -0.4 is 5.32 Å². The van der Waals surface area contributed by atoms with Gasteiger partial charge in [-0.2, -0.15) is 0 Å². The molecule has 0 unspecified atom stereocenters. The van der Waals surface area contributed by atoms with Crippen LogP contribution in [0.2, 0.25) is 0 Å². The molecule has 1 aromatic carbocycles. The normalized spacial score (nSPS) is 10.5. The lowest BCUT2D eigenvalue weighted by molar-refractivity contribution is -0.116. The quantitative estimate of drug-likeness (QED) is 0.848. The van der Waals surface area contributed by atoms with Gasteiger partial charge in [0.15, 0.2) is 0 Å². The summed E-state index contributed by atoms with van der Waals surface area (Å²) in [4.78, 5) is 11.6. The number of halogens is 1. The van der Waals surface area contributed by atoms with E-state index in [-0.39, 0.29) is 5.91 Å². The van der Waals surface area contributed by atoms with Gasteiger partial charge in [0.2, 0.25) is 5.91 Å². The van der Waals surface area contributed by atoms with Gasteiger partial charge < -0.3 is 5.32 Å². The van der Waals surface area contributed by atoms with E-state index in [4.69, 9.17) is 0 Å². The highest BCUT2D eigenvalue weighted by atomic mass is 127. The summed E-state index contributed by atoms with van der Waals surface area (Å²) in [5.41, 5.74) is 2.06. The molecule has 0 radical (unpaired) electrons. The summed E-state index contributed by atoms with van der Waals surface area (Å²) in [6.07, 6.45) is 0.574. The zero-order valence-corrected chi connectivity index (χ0v) is 11.5. The SMILES string of the molecule is Cc1c(I)cccc1NC(=O)CC(C)C. The van der Waals surface area contributed by atoms with E-state index in [0.29, 0.717) is 12.3 Å². The Bertz CT molecular complexity index is 361. The van der Waals surface area contributed by atoms with Gasteiger partial charge in [-0.25, -0.2) is 0 Å². The Kier molecular flexibility index (Phi) is 4.57. The van der Waals surface area contributed by atoms with Gasteiger partial charge in [-0.05, 0) is 53.1 Å². The first-order valence-electron chi connectivity index (χ1n) is 5.05. The molecule has 0 atom stereocenters. The van der Waals surface area contributed by atoms with E-state index in [2.05, 4.69) is 27.9 Å². The fourth-order valence-corrected chi connectivity index (χ4v) is 1.81. The molecular formula is C12H16INO. The number of benzene rings is 1. The van der Waals surface area contributed by atoms with Crippen LogP contribution in [-0.2, 0) is 4.79 Å². The third kappa shape index (κ3) is 3.81. The Morgan fingerprint density at radius 2 is 2.13 bits per heavy atom. The van der Waals surface area contributed by atoms with Crippen LogP contribution >= 0.6 is 22.6 Å². The number of nitrogens with one attached hydrogen (secondary N) is 1. The largest absolute Gasteiger partial charge is 0.326 e. The molecule has 15 heavy (non-hydrogen) atoms. The van der Waals surface area contributed by atoms with Crippen molar-refractivity contribution in [2.75, 3.05) is 5.32 Å². The average molecular weight is 317 g/mol. The van der Waals surface area contributed by atoms with Crippen molar-refractivity contribution in [2.24, 2.45) is 5.92 Å². The number of rotatable bonds is 3. The molecule has 0 aliphatic rings. The maximum Gasteiger partial charge on any atom is 0.224 e. The third-order valence-corrected chi connectivity index (χ3v) is 3.30. The lowest BCUT2D eigenvalue weighted by Crippen LogP contribution is -2.14. The molecule has 1 N–H and O–H groups in total. The highest BCUT2D eigenvalue weighted by molar-refractivity contribution is 14.1. The molecule has 82 valence electrons. The molecule has 1 rings (SSSR count). The summed E-state index contributed by atoms with van der Waals surface area (Å²) in [5, 5.41) is 2.94. The summed E-state index contributed by atoms with van der Waals surface area (Å²) in [7, 11) is 0. The molecule has 0 aromatic heterocycles. The van der Waals surface area contributed by atoms with Gasteiger partial charge in [0.1, 0.15) is 0 Å². The Balaban J connectivity index is 2.73. The minimum Gasteiger partial charge on any atom is -0.326 e. The maximum absolute atomic E-state index is 11.6. The van der Waals surface area contributed by atoms with Gasteiger partial charge in [0, 0.05) is 15.7 Å². The van der Waals surface area contributed by atoms with Crippen LogP contribution in [-0.4, -0.2) is 5.91 Å². The molecule has 0 heterocycles. The molecular weight excluding hydrogens is 301 g/mol. The van der Waals surface area contributed by atoms with Crippen molar-refractivity contribution in [3.63, 3.8) is 0 Å². The van der Waals surface area contributed by atoms with Gasteiger partial charge in [-0.1, -0.05) is 19.9 Å². The van der Waals surface area contributed by atoms with Gasteiger partial charge in [-0.3, -0.25) is 4.79 Å². The van der Waals surface area contributed by atoms with Crippen LogP contribution in [0, 0.1) is 16.4 Å². The number of amides is 1. The summed E-state index contributed by atoms with van der Waals surface area (Å²) in [5.74, 6) is 0.489. The van der Waals surface area contributed by atoms with Crippen LogP contribution in [0.25, 0.3) is 0 Å². The second-order valence-corrected chi connectivity index (χ2v) is 5.22. The average Bonchev–Trinajstić information content (AvgIpc) is 2.11. The van der Waals surface area contributed by atoms with E-state index in [1.54, 1.807) is 0 Å². The van der Waals surface area contributed by atoms with Crippen LogP contribution in [0.4, 0.5) is 5.69 Å². The molecule has 0 aliphatic heterocycles. The van der Waals surface area contributed by atoms with E-state index >= 15 is 0 Å². The van der Waals surface area contributed by atoms with E-state index in [1.165, 1.54) is 3.57 Å². The third-order valence-electron chi connectivity index (χ3n) is 2.14. The summed E-state index contributed by atoms with van der Waals surface area (Å²) >= 11 is 2.27. The molecule has 0 spiro atoms. The Labute approximate surface area is 105 Å². The summed E-state index contributed by atoms with van der Waals surface area (Å²) < 4.78 is 1.18. The zero-order chi connectivity index (χ0) is 11.4. The topological polar surface area (TPSA) is 29.1 Å². The molecule has 0 bridgehead atoms. The fourth-order valence-electron chi connectivity index (χ4n) is 1.31. The van der Waals surface area contributed by atoms with Crippen molar-refractivity contribution in [3.05, 3.63) is 27.3 Å². The van der Waals surface area contributed by atoms with Crippen molar-refractivity contribution in [2.45, 2.75) is 27.2 Å². The molecule has 0 fully saturated rings. The first-order chi connectivity index (χ1) is 7.00. The standard InChI is InChI=1S/C12H16INO/c1-8(2)7-12(15)14-11-6-4-5-10(13)9(11)3/h4-6,8H,7H2,1-3H3,(H,14,15). The first-order valence-corrected chi connectivity index (χ1v) is 6.13. The number of hydrogen-bond donors (Lipinski definition) is 1. The second kappa shape index (κ2) is 5.49. The molecule has 3 heteroatoms. The van der Waals surface area contributed by atoms with Crippen LogP contribution in [0.15, 0.2) is 18.2 Å². The van der Waals surface area contributed by atoms with E-state index in [0.717, 1.165) is 11.3 Å². The Morgan fingerprint density at radius 1 is 1.47 bits per heavy atom. The van der Waals surface area contributed by atoms with E-state index < -0.39 is 0 Å². The molecule has 1 amide bonds. The summed E-state index contributed by atoms with van der Waals surface area (Å²) in [6.45, 7) is 6.11. The number of anilines is 1. The van der Waals surface area contributed by atoms with Crippen molar-refractivity contribution in [1.29, 1.82) is 0 Å². The highest BCUT2D eigenvalue weighted by Gasteiger charge is 2.07. The van der Waals surface area contributed by atoms with Crippen LogP contribution in [0.5, 0.6) is 0 Å². The number of carbonyl (C=O) groups is 1. The van der Waals surface area contributed by atoms with Crippen LogP contribution in [0.3, 0.4) is 0 Å². The predicted octanol–water partition coefficient (Wildman–Crippen LogP) is 3.58. The number of carbonyl (C=O) groups excluding carboxylic acids is 1. The van der Waals surface area contributed by atoms with Gasteiger partial charge in [0.05, 0.1) is 0 Å². The number of hydrogen-bond acceptors (Lipinski definition) is 1. The van der Waals surface area contributed by atoms with Crippen molar-refractivity contribution in [3.8, 4) is 0 Å². The molecule has 0 saturated carbocycles. The molecule has 0 saturated heterocycles. The Hall–Kier alpha value is -0.580. The van der Waals surface area contributed by atoms with Crippen molar-refractivity contribution >= 4 is 34.2 Å². The minimum absolute atomic E-state index is 0.0927. The van der Waals surface area contributed by atoms with Gasteiger partial charge in [0.25, 0.3) is 0 Å². The lowest BCUT2D eigenvalue weighted by atomic mass is 10.1. The van der Waals surface area contributed by atoms with Crippen LogP contribution in [0.1, 0.15) is 25.8 Å². The van der Waals surface area contributed by atoms with Gasteiger partial charge >= 0.3 is 0 Å². The van der Waals surface area contributed by atoms with Crippen molar-refractivity contribution in [1.82, 2.24) is 0 Å². The van der Waals surface area contributed by atoms with Crippen molar-refractivity contribution < 1.29 is 4.79 Å². The second-order valence-electron chi connectivity index (χ2n) is 4.06. The first kappa shape index (κ1) is 12.5. The maximum atomic E-state index is 11.6. The highest BCUT2D eigenvalue weighted by Crippen LogP contribution is 2.20. The molecule has 2 nitrogen and oxygen atoms in total. The Morgan fingerprint density at radius 3 is 2.73 bits per heavy atom. The fraction of sp³-hybridized carbons (Fsp3) is 0.417. The summed E-state index contributed by atoms with van der Waals surface area (Å²) in [6, 6.07) is 5.93. The van der Waals surface area contributed by atoms with E-state index in [1.807, 2.05) is 39.0 Å². The lowest BCUT2D eigenvalue weighted by Gasteiger charge is -2.10. The predicted molar refractivity (Wildman–Crippen MR) is 72.0 cm³/mol. The monoisotopic (exact) mass is 317 g/mol. The molecule has 0 aliphatic carbocycles. The molecule has 1 aromatic rings. The van der Waals surface area contributed by atoms with Gasteiger partial charge in [-0.15, -0.1) is 0 Å².